The van der Waals surface area contributed by atoms with Gasteiger partial charge in [-0.15, -0.1) is 0 Å². The van der Waals surface area contributed by atoms with Gasteiger partial charge < -0.3 is 9.47 Å². The van der Waals surface area contributed by atoms with Crippen LogP contribution in [0, 0.1) is 0 Å². The minimum Gasteiger partial charge on any atom is -0.493 e. The van der Waals surface area contributed by atoms with Crippen LogP contribution in [0.4, 0.5) is 0 Å². The number of ether oxygens (including phenoxy) is 2. The number of aromatic nitrogens is 1. The second-order valence-electron chi connectivity index (χ2n) is 5.73. The van der Waals surface area contributed by atoms with E-state index in [2.05, 4.69) is 15.5 Å². The number of hydrogen-bond acceptors (Lipinski definition) is 5. The largest absolute Gasteiger partial charge is 0.493 e. The molecule has 28 heavy (non-hydrogen) atoms. The normalized spacial score (nSPS) is 10.6. The Morgan fingerprint density at radius 1 is 1.14 bits per heavy atom. The molecule has 1 N–H and O–H groups in total. The lowest BCUT2D eigenvalue weighted by Crippen LogP contribution is -2.18. The molecule has 1 amide bonds. The molecule has 1 aromatic heterocycles. The van der Waals surface area contributed by atoms with Gasteiger partial charge in [-0.05, 0) is 41.5 Å². The summed E-state index contributed by atoms with van der Waals surface area (Å²) in [4.78, 5) is 16.0. The number of hydrazone groups is 1. The van der Waals surface area contributed by atoms with Gasteiger partial charge in [0.2, 0.25) is 0 Å². The molecule has 3 rings (SSSR count). The maximum absolute atomic E-state index is 12.1. The third kappa shape index (κ3) is 5.08. The Balaban J connectivity index is 1.67. The number of amides is 1. The van der Waals surface area contributed by atoms with E-state index in [0.717, 1.165) is 11.1 Å². The molecule has 0 atom stereocenters. The smallest absolute Gasteiger partial charge is 0.274 e. The fourth-order valence-corrected chi connectivity index (χ4v) is 2.61. The monoisotopic (exact) mass is 395 g/mol. The topological polar surface area (TPSA) is 72.8 Å². The fourth-order valence-electron chi connectivity index (χ4n) is 2.40. The van der Waals surface area contributed by atoms with Gasteiger partial charge in [-0.3, -0.25) is 4.79 Å². The molecule has 0 saturated carbocycles. The zero-order chi connectivity index (χ0) is 19.8. The Morgan fingerprint density at radius 3 is 2.71 bits per heavy atom. The summed E-state index contributed by atoms with van der Waals surface area (Å²) >= 11 is 5.90. The lowest BCUT2D eigenvalue weighted by Gasteiger charge is -2.11. The van der Waals surface area contributed by atoms with Crippen molar-refractivity contribution in [1.29, 1.82) is 0 Å². The number of hydrogen-bond donors (Lipinski definition) is 1. The first-order valence-electron chi connectivity index (χ1n) is 8.46. The number of benzene rings is 2. The third-order valence-electron chi connectivity index (χ3n) is 3.81. The lowest BCUT2D eigenvalue weighted by atomic mass is 10.2. The molecule has 0 saturated heterocycles. The van der Waals surface area contributed by atoms with Gasteiger partial charge in [-0.25, -0.2) is 10.4 Å². The Bertz CT molecular complexity index is 978. The molecule has 3 aromatic rings. The van der Waals surface area contributed by atoms with Gasteiger partial charge in [0.15, 0.2) is 11.5 Å². The highest BCUT2D eigenvalue weighted by atomic mass is 35.5. The fraction of sp³-hybridized carbons (Fsp3) is 0.0952. The quantitative estimate of drug-likeness (QED) is 0.371. The average molecular weight is 396 g/mol. The van der Waals surface area contributed by atoms with Gasteiger partial charge in [0.05, 0.1) is 18.9 Å². The first-order valence-corrected chi connectivity index (χ1v) is 8.84. The van der Waals surface area contributed by atoms with Crippen molar-refractivity contribution in [2.75, 3.05) is 7.11 Å². The van der Waals surface area contributed by atoms with Gasteiger partial charge in [0.25, 0.3) is 5.91 Å². The van der Waals surface area contributed by atoms with E-state index in [1.54, 1.807) is 37.4 Å². The standard InChI is InChI=1S/C21H18ClN3O3/c1-27-18-10-9-16(12-19(18)28-14-15-6-3-2-4-7-15)13-24-25-21(26)17-8-5-11-23-20(17)22/h2-13H,14H2,1H3,(H,25,26). The Hall–Kier alpha value is -3.38. The Kier molecular flexibility index (Phi) is 6.59. The molecule has 0 radical (unpaired) electrons. The van der Waals surface area contributed by atoms with Crippen molar-refractivity contribution >= 4 is 23.7 Å². The lowest BCUT2D eigenvalue weighted by molar-refractivity contribution is 0.0955. The predicted octanol–water partition coefficient (Wildman–Crippen LogP) is 4.09. The van der Waals surface area contributed by atoms with Crippen LogP contribution >= 0.6 is 11.6 Å². The van der Waals surface area contributed by atoms with Crippen molar-refractivity contribution in [2.24, 2.45) is 5.10 Å². The molecular formula is C21H18ClN3O3. The van der Waals surface area contributed by atoms with Crippen LogP contribution in [0.2, 0.25) is 5.15 Å². The molecule has 7 heteroatoms. The van der Waals surface area contributed by atoms with Crippen LogP contribution in [-0.4, -0.2) is 24.2 Å². The van der Waals surface area contributed by atoms with Gasteiger partial charge in [-0.1, -0.05) is 41.9 Å². The van der Waals surface area contributed by atoms with Crippen molar-refractivity contribution in [3.63, 3.8) is 0 Å². The van der Waals surface area contributed by atoms with E-state index in [1.807, 2.05) is 30.3 Å². The zero-order valence-electron chi connectivity index (χ0n) is 15.1. The summed E-state index contributed by atoms with van der Waals surface area (Å²) in [6, 6.07) is 18.4. The predicted molar refractivity (Wildman–Crippen MR) is 108 cm³/mol. The Labute approximate surface area is 167 Å². The number of halogens is 1. The van der Waals surface area contributed by atoms with Crippen LogP contribution in [0.25, 0.3) is 0 Å². The maximum Gasteiger partial charge on any atom is 0.274 e. The van der Waals surface area contributed by atoms with Gasteiger partial charge in [0, 0.05) is 6.20 Å². The van der Waals surface area contributed by atoms with E-state index in [9.17, 15) is 4.79 Å². The van der Waals surface area contributed by atoms with E-state index in [0.29, 0.717) is 18.1 Å². The third-order valence-corrected chi connectivity index (χ3v) is 4.11. The highest BCUT2D eigenvalue weighted by molar-refractivity contribution is 6.32. The second kappa shape index (κ2) is 9.53. The van der Waals surface area contributed by atoms with Crippen LogP contribution in [-0.2, 0) is 6.61 Å². The molecule has 0 aliphatic heterocycles. The highest BCUT2D eigenvalue weighted by Gasteiger charge is 2.09. The number of carbonyl (C=O) groups is 1. The molecule has 0 bridgehead atoms. The number of pyridine rings is 1. The number of methoxy groups -OCH3 is 1. The van der Waals surface area contributed by atoms with Gasteiger partial charge >= 0.3 is 0 Å². The summed E-state index contributed by atoms with van der Waals surface area (Å²) in [5.74, 6) is 0.750. The summed E-state index contributed by atoms with van der Waals surface area (Å²) in [5, 5.41) is 4.09. The van der Waals surface area contributed by atoms with E-state index < -0.39 is 5.91 Å². The average Bonchev–Trinajstić information content (AvgIpc) is 2.73. The molecule has 0 fully saturated rings. The molecule has 142 valence electrons. The zero-order valence-corrected chi connectivity index (χ0v) is 15.9. The Morgan fingerprint density at radius 2 is 1.96 bits per heavy atom. The maximum atomic E-state index is 12.1. The minimum absolute atomic E-state index is 0.122. The first-order chi connectivity index (χ1) is 13.7. The van der Waals surface area contributed by atoms with Crippen LogP contribution in [0.3, 0.4) is 0 Å². The minimum atomic E-state index is -0.441. The summed E-state index contributed by atoms with van der Waals surface area (Å²) < 4.78 is 11.2. The summed E-state index contributed by atoms with van der Waals surface area (Å²) in [6.45, 7) is 0.411. The second-order valence-corrected chi connectivity index (χ2v) is 6.08. The van der Waals surface area contributed by atoms with Crippen molar-refractivity contribution in [1.82, 2.24) is 10.4 Å². The summed E-state index contributed by atoms with van der Waals surface area (Å²) in [6.07, 6.45) is 3.02. The number of rotatable bonds is 7. The van der Waals surface area contributed by atoms with E-state index in [-0.39, 0.29) is 10.7 Å². The summed E-state index contributed by atoms with van der Waals surface area (Å²) in [7, 11) is 1.58. The van der Waals surface area contributed by atoms with Crippen LogP contribution in [0.5, 0.6) is 11.5 Å². The van der Waals surface area contributed by atoms with Crippen LogP contribution < -0.4 is 14.9 Å². The van der Waals surface area contributed by atoms with Crippen molar-refractivity contribution < 1.29 is 14.3 Å². The number of nitrogens with zero attached hydrogens (tertiary/aromatic N) is 2. The highest BCUT2D eigenvalue weighted by Crippen LogP contribution is 2.28. The van der Waals surface area contributed by atoms with Crippen molar-refractivity contribution in [3.05, 3.63) is 88.7 Å². The van der Waals surface area contributed by atoms with E-state index >= 15 is 0 Å². The molecule has 2 aromatic carbocycles. The van der Waals surface area contributed by atoms with Gasteiger partial charge in [-0.2, -0.15) is 5.10 Å². The summed E-state index contributed by atoms with van der Waals surface area (Å²) in [5.41, 5.74) is 4.46. The van der Waals surface area contributed by atoms with Crippen LogP contribution in [0.1, 0.15) is 21.5 Å². The molecule has 1 heterocycles. The van der Waals surface area contributed by atoms with Crippen molar-refractivity contribution in [3.8, 4) is 11.5 Å². The molecule has 0 unspecified atom stereocenters. The number of nitrogens with one attached hydrogen (secondary N) is 1. The molecule has 0 spiro atoms. The van der Waals surface area contributed by atoms with Gasteiger partial charge in [0.1, 0.15) is 11.8 Å². The molecular weight excluding hydrogens is 378 g/mol. The van der Waals surface area contributed by atoms with E-state index in [1.165, 1.54) is 12.4 Å². The van der Waals surface area contributed by atoms with Crippen molar-refractivity contribution in [2.45, 2.75) is 6.61 Å². The first kappa shape index (κ1) is 19.4. The molecule has 6 nitrogen and oxygen atoms in total. The number of carbonyl (C=O) groups excluding carboxylic acids is 1. The molecule has 0 aliphatic rings. The molecule has 0 aliphatic carbocycles. The van der Waals surface area contributed by atoms with Crippen LogP contribution in [0.15, 0.2) is 72.0 Å². The SMILES string of the molecule is COc1ccc(C=NNC(=O)c2cccnc2Cl)cc1OCc1ccccc1. The van der Waals surface area contributed by atoms with E-state index in [4.69, 9.17) is 21.1 Å².